The number of hydrogen-bond acceptors (Lipinski definition) is 5. The molecule has 3 saturated heterocycles. The average molecular weight is 458 g/mol. The van der Waals surface area contributed by atoms with Gasteiger partial charge in [-0.05, 0) is 43.9 Å². The van der Waals surface area contributed by atoms with Crippen molar-refractivity contribution in [3.05, 3.63) is 29.8 Å². The van der Waals surface area contributed by atoms with Crippen LogP contribution < -0.4 is 0 Å². The predicted molar refractivity (Wildman–Crippen MR) is 110 cm³/mol. The third kappa shape index (κ3) is 5.08. The van der Waals surface area contributed by atoms with E-state index in [9.17, 15) is 22.0 Å². The highest BCUT2D eigenvalue weighted by molar-refractivity contribution is 7.89. The number of benzene rings is 1. The number of nitrogens with zero attached hydrogens (tertiary/aromatic N) is 3. The van der Waals surface area contributed by atoms with Gasteiger partial charge in [0.05, 0.1) is 6.10 Å². The number of sulfonamides is 1. The number of piperazine rings is 1. The van der Waals surface area contributed by atoms with Crippen molar-refractivity contribution in [2.75, 3.05) is 52.4 Å². The fraction of sp³-hybridized carbons (Fsp3) is 0.667. The van der Waals surface area contributed by atoms with Gasteiger partial charge in [0.1, 0.15) is 16.5 Å². The van der Waals surface area contributed by atoms with Gasteiger partial charge < -0.3 is 9.64 Å². The molecule has 172 valence electrons. The van der Waals surface area contributed by atoms with Crippen molar-refractivity contribution < 1.29 is 26.7 Å². The van der Waals surface area contributed by atoms with E-state index in [1.54, 1.807) is 0 Å². The molecule has 31 heavy (non-hydrogen) atoms. The van der Waals surface area contributed by atoms with Crippen LogP contribution in [0.2, 0.25) is 0 Å². The lowest BCUT2D eigenvalue weighted by Gasteiger charge is -2.38. The molecule has 0 spiro atoms. The van der Waals surface area contributed by atoms with Gasteiger partial charge in [0.15, 0.2) is 0 Å². The average Bonchev–Trinajstić information content (AvgIpc) is 3.28. The minimum absolute atomic E-state index is 0.0609. The summed E-state index contributed by atoms with van der Waals surface area (Å²) in [6.07, 6.45) is 3.27. The molecule has 1 unspecified atom stereocenters. The van der Waals surface area contributed by atoms with Crippen LogP contribution in [-0.4, -0.2) is 87.0 Å². The van der Waals surface area contributed by atoms with Gasteiger partial charge in [0.25, 0.3) is 0 Å². The van der Waals surface area contributed by atoms with Crippen LogP contribution in [0.4, 0.5) is 8.78 Å². The van der Waals surface area contributed by atoms with Crippen molar-refractivity contribution in [2.45, 2.75) is 36.7 Å². The second-order valence-corrected chi connectivity index (χ2v) is 10.4. The lowest BCUT2D eigenvalue weighted by Crippen LogP contribution is -2.53. The molecular formula is C21H29F2N3O4S. The van der Waals surface area contributed by atoms with Crippen molar-refractivity contribution in [3.63, 3.8) is 0 Å². The van der Waals surface area contributed by atoms with Crippen molar-refractivity contribution in [2.24, 2.45) is 5.92 Å². The maximum atomic E-state index is 14.0. The van der Waals surface area contributed by atoms with Gasteiger partial charge in [-0.25, -0.2) is 17.2 Å². The largest absolute Gasteiger partial charge is 0.377 e. The molecule has 3 fully saturated rings. The number of hydrogen-bond donors (Lipinski definition) is 0. The van der Waals surface area contributed by atoms with Crippen LogP contribution in [0.5, 0.6) is 0 Å². The Bertz CT molecular complexity index is 892. The van der Waals surface area contributed by atoms with Gasteiger partial charge in [-0.3, -0.25) is 9.69 Å². The van der Waals surface area contributed by atoms with E-state index < -0.39 is 26.6 Å². The van der Waals surface area contributed by atoms with Crippen LogP contribution in [0, 0.1) is 17.6 Å². The number of carbonyl (C=O) groups excluding carboxylic acids is 1. The molecule has 0 bridgehead atoms. The smallest absolute Gasteiger partial charge is 0.246 e. The Morgan fingerprint density at radius 2 is 1.74 bits per heavy atom. The van der Waals surface area contributed by atoms with E-state index in [0.29, 0.717) is 38.1 Å². The summed E-state index contributed by atoms with van der Waals surface area (Å²) in [4.78, 5) is 16.5. The molecule has 1 aromatic rings. The first-order chi connectivity index (χ1) is 14.8. The number of carbonyl (C=O) groups is 1. The second kappa shape index (κ2) is 9.48. The first kappa shape index (κ1) is 22.6. The highest BCUT2D eigenvalue weighted by Gasteiger charge is 2.36. The van der Waals surface area contributed by atoms with Gasteiger partial charge in [-0.15, -0.1) is 0 Å². The molecule has 1 aromatic carbocycles. The van der Waals surface area contributed by atoms with E-state index in [1.807, 2.05) is 4.90 Å². The topological polar surface area (TPSA) is 70.2 Å². The van der Waals surface area contributed by atoms with Gasteiger partial charge in [-0.1, -0.05) is 0 Å². The Morgan fingerprint density at radius 3 is 2.39 bits per heavy atom. The summed E-state index contributed by atoms with van der Waals surface area (Å²) in [6, 6.07) is 2.41. The molecule has 1 atom stereocenters. The van der Waals surface area contributed by atoms with Gasteiger partial charge in [0, 0.05) is 58.3 Å². The maximum Gasteiger partial charge on any atom is 0.246 e. The fourth-order valence-corrected chi connectivity index (χ4v) is 6.19. The molecule has 1 amide bonds. The molecule has 4 rings (SSSR count). The summed E-state index contributed by atoms with van der Waals surface area (Å²) < 4.78 is 59.7. The number of rotatable bonds is 5. The van der Waals surface area contributed by atoms with Gasteiger partial charge in [-0.2, -0.15) is 4.31 Å². The zero-order valence-electron chi connectivity index (χ0n) is 17.5. The van der Waals surface area contributed by atoms with Crippen molar-refractivity contribution in [1.82, 2.24) is 14.1 Å². The van der Waals surface area contributed by atoms with Crippen LogP contribution in [0.15, 0.2) is 23.1 Å². The Balaban J connectivity index is 1.28. The standard InChI is InChI=1S/C21H29F2N3O4S/c22-17-3-4-19(23)20(14-17)31(28,29)26-7-5-16(6-8-26)21(27)25-11-9-24(10-12-25)15-18-2-1-13-30-18/h3-4,14,16,18H,1-2,5-13,15H2. The zero-order chi connectivity index (χ0) is 22.0. The Hall–Kier alpha value is -1.62. The lowest BCUT2D eigenvalue weighted by molar-refractivity contribution is -0.138. The molecule has 3 heterocycles. The summed E-state index contributed by atoms with van der Waals surface area (Å²) >= 11 is 0. The normalized spacial score (nSPS) is 24.6. The van der Waals surface area contributed by atoms with Crippen molar-refractivity contribution in [3.8, 4) is 0 Å². The van der Waals surface area contributed by atoms with E-state index in [1.165, 1.54) is 0 Å². The summed E-state index contributed by atoms with van der Waals surface area (Å²) in [7, 11) is -4.13. The number of halogens is 2. The zero-order valence-corrected chi connectivity index (χ0v) is 18.3. The third-order valence-corrected chi connectivity index (χ3v) is 8.40. The molecule has 7 nitrogen and oxygen atoms in total. The molecule has 10 heteroatoms. The van der Waals surface area contributed by atoms with Crippen molar-refractivity contribution in [1.29, 1.82) is 0 Å². The molecule has 0 aliphatic carbocycles. The van der Waals surface area contributed by atoms with Crippen LogP contribution in [0.1, 0.15) is 25.7 Å². The second-order valence-electron chi connectivity index (χ2n) is 8.51. The molecule has 3 aliphatic heterocycles. The molecule has 3 aliphatic rings. The first-order valence-electron chi connectivity index (χ1n) is 10.9. The molecule has 0 radical (unpaired) electrons. The minimum atomic E-state index is -4.13. The number of ether oxygens (including phenoxy) is 1. The Labute approximate surface area is 182 Å². The lowest BCUT2D eigenvalue weighted by atomic mass is 9.96. The summed E-state index contributed by atoms with van der Waals surface area (Å²) in [5.74, 6) is -1.96. The summed E-state index contributed by atoms with van der Waals surface area (Å²) in [6.45, 7) is 4.95. The van der Waals surface area contributed by atoms with E-state index in [0.717, 1.165) is 55.5 Å². The quantitative estimate of drug-likeness (QED) is 0.673. The Kier molecular flexibility index (Phi) is 6.90. The van der Waals surface area contributed by atoms with E-state index in [2.05, 4.69) is 4.90 Å². The van der Waals surface area contributed by atoms with Gasteiger partial charge >= 0.3 is 0 Å². The van der Waals surface area contributed by atoms with Crippen LogP contribution in [-0.2, 0) is 19.6 Å². The highest BCUT2D eigenvalue weighted by Crippen LogP contribution is 2.27. The van der Waals surface area contributed by atoms with E-state index >= 15 is 0 Å². The van der Waals surface area contributed by atoms with Crippen LogP contribution in [0.25, 0.3) is 0 Å². The fourth-order valence-electron chi connectivity index (χ4n) is 4.64. The highest BCUT2D eigenvalue weighted by atomic mass is 32.2. The third-order valence-electron chi connectivity index (χ3n) is 6.48. The number of amides is 1. The summed E-state index contributed by atoms with van der Waals surface area (Å²) in [5.41, 5.74) is 0. The van der Waals surface area contributed by atoms with E-state index in [4.69, 9.17) is 4.74 Å². The first-order valence-corrected chi connectivity index (χ1v) is 12.4. The van der Waals surface area contributed by atoms with Crippen molar-refractivity contribution >= 4 is 15.9 Å². The van der Waals surface area contributed by atoms with Crippen LogP contribution in [0.3, 0.4) is 0 Å². The summed E-state index contributed by atoms with van der Waals surface area (Å²) in [5, 5.41) is 0. The predicted octanol–water partition coefficient (Wildman–Crippen LogP) is 1.69. The molecular weight excluding hydrogens is 428 g/mol. The molecule has 0 N–H and O–H groups in total. The Morgan fingerprint density at radius 1 is 1.03 bits per heavy atom. The van der Waals surface area contributed by atoms with Crippen LogP contribution >= 0.6 is 0 Å². The molecule has 0 saturated carbocycles. The number of piperidine rings is 1. The van der Waals surface area contributed by atoms with E-state index in [-0.39, 0.29) is 24.9 Å². The minimum Gasteiger partial charge on any atom is -0.377 e. The monoisotopic (exact) mass is 457 g/mol. The maximum absolute atomic E-state index is 14.0. The van der Waals surface area contributed by atoms with Gasteiger partial charge in [0.2, 0.25) is 15.9 Å². The molecule has 0 aromatic heterocycles. The SMILES string of the molecule is O=C(C1CCN(S(=O)(=O)c2cc(F)ccc2F)CC1)N1CCN(CC2CCCO2)CC1.